The van der Waals surface area contributed by atoms with Crippen LogP contribution in [-0.2, 0) is 9.53 Å². The van der Waals surface area contributed by atoms with Gasteiger partial charge in [-0.15, -0.1) is 0 Å². The van der Waals surface area contributed by atoms with Gasteiger partial charge < -0.3 is 15.8 Å². The molecule has 8 nitrogen and oxygen atoms in total. The van der Waals surface area contributed by atoms with E-state index in [-0.39, 0.29) is 11.7 Å². The first-order valence-electron chi connectivity index (χ1n) is 8.53. The predicted molar refractivity (Wildman–Crippen MR) is 107 cm³/mol. The Hall–Kier alpha value is -2.42. The fraction of sp³-hybridized carbons (Fsp3) is 0.333. The lowest BCUT2D eigenvalue weighted by Crippen LogP contribution is -2.94. The van der Waals surface area contributed by atoms with E-state index < -0.39 is 17.6 Å². The first-order chi connectivity index (χ1) is 13.0. The Morgan fingerprint density at radius 1 is 1.29 bits per heavy atom. The summed E-state index contributed by atoms with van der Waals surface area (Å²) in [6.45, 7) is 7.14. The Kier molecular flexibility index (Phi) is 6.82. The van der Waals surface area contributed by atoms with Crippen LogP contribution in [-0.4, -0.2) is 17.6 Å². The van der Waals surface area contributed by atoms with Crippen molar-refractivity contribution in [1.82, 2.24) is 16.1 Å². The molecule has 1 aromatic carbocycles. The van der Waals surface area contributed by atoms with Crippen molar-refractivity contribution in [3.05, 3.63) is 57.1 Å². The van der Waals surface area contributed by atoms with E-state index >= 15 is 0 Å². The van der Waals surface area contributed by atoms with Crippen molar-refractivity contribution in [2.75, 3.05) is 0 Å². The van der Waals surface area contributed by atoms with E-state index in [1.165, 1.54) is 11.5 Å². The maximum Gasteiger partial charge on any atom is 0.413 e. The highest BCUT2D eigenvalue weighted by Crippen LogP contribution is 2.27. The van der Waals surface area contributed by atoms with Crippen LogP contribution in [0.15, 0.2) is 41.5 Å². The molecule has 28 heavy (non-hydrogen) atoms. The number of alkyl carbamates (subject to hydrolysis) is 1. The highest BCUT2D eigenvalue weighted by Gasteiger charge is 2.25. The number of primary amides is 1. The van der Waals surface area contributed by atoms with E-state index in [0.717, 1.165) is 5.56 Å². The van der Waals surface area contributed by atoms with Crippen LogP contribution in [0.3, 0.4) is 0 Å². The van der Waals surface area contributed by atoms with Crippen molar-refractivity contribution < 1.29 is 19.8 Å². The smallest absolute Gasteiger partial charge is 0.413 e. The molecule has 2 rings (SSSR count). The molecule has 1 aliphatic heterocycles. The van der Waals surface area contributed by atoms with E-state index in [9.17, 15) is 9.59 Å². The van der Waals surface area contributed by atoms with Gasteiger partial charge in [0.25, 0.3) is 0 Å². The molecule has 0 fully saturated rings. The van der Waals surface area contributed by atoms with Crippen molar-refractivity contribution in [1.29, 1.82) is 0 Å². The van der Waals surface area contributed by atoms with Gasteiger partial charge in [-0.3, -0.25) is 10.1 Å². The maximum atomic E-state index is 12.1. The highest BCUT2D eigenvalue weighted by atomic mass is 35.5. The number of carbonyl (C=O) groups is 2. The summed E-state index contributed by atoms with van der Waals surface area (Å²) in [4.78, 5) is 23.7. The summed E-state index contributed by atoms with van der Waals surface area (Å²) < 4.78 is 5.27. The highest BCUT2D eigenvalue weighted by molar-refractivity contribution is 6.33. The summed E-state index contributed by atoms with van der Waals surface area (Å²) in [6, 6.07) is 4.84. The second-order valence-corrected chi connectivity index (χ2v) is 8.04. The summed E-state index contributed by atoms with van der Waals surface area (Å²) in [6.07, 6.45) is 0.882. The lowest BCUT2D eigenvalue weighted by Gasteiger charge is -2.25. The van der Waals surface area contributed by atoms with Gasteiger partial charge in [-0.05, 0) is 51.5 Å². The summed E-state index contributed by atoms with van der Waals surface area (Å²) in [5.74, 6) is -0.305. The number of nitrogens with one attached hydrogen (secondary N) is 3. The molecule has 152 valence electrons. The molecule has 0 aliphatic carbocycles. The van der Waals surface area contributed by atoms with Crippen LogP contribution < -0.4 is 27.2 Å². The third-order valence-corrected chi connectivity index (χ3v) is 4.23. The van der Waals surface area contributed by atoms with Crippen LogP contribution in [0.4, 0.5) is 4.79 Å². The molecule has 7 N–H and O–H groups in total. The van der Waals surface area contributed by atoms with Crippen LogP contribution in [0.25, 0.3) is 0 Å². The van der Waals surface area contributed by atoms with Gasteiger partial charge in [-0.1, -0.05) is 23.2 Å². The number of ether oxygens (including phenoxy) is 1. The lowest BCUT2D eigenvalue weighted by molar-refractivity contribution is -0.655. The monoisotopic (exact) mass is 428 g/mol. The second-order valence-electron chi connectivity index (χ2n) is 7.20. The molecule has 0 saturated carbocycles. The van der Waals surface area contributed by atoms with Gasteiger partial charge in [0, 0.05) is 16.1 Å². The quantitative estimate of drug-likeness (QED) is 0.457. The zero-order valence-electron chi connectivity index (χ0n) is 16.0. The number of hydrogen-bond donors (Lipinski definition) is 5. The number of nitrogens with two attached hydrogens (primary N) is 2. The largest absolute Gasteiger partial charge is 0.444 e. The lowest BCUT2D eigenvalue weighted by atomic mass is 10.1. The summed E-state index contributed by atoms with van der Waals surface area (Å²) in [7, 11) is 0. The Bertz CT molecular complexity index is 846. The van der Waals surface area contributed by atoms with E-state index in [1.54, 1.807) is 39.0 Å². The van der Waals surface area contributed by atoms with Crippen molar-refractivity contribution in [3.63, 3.8) is 0 Å². The molecular formula is C18H24Cl2N5O3+. The number of halogens is 2. The minimum absolute atomic E-state index is 0.238. The Balaban J connectivity index is 2.31. The van der Waals surface area contributed by atoms with E-state index in [4.69, 9.17) is 33.7 Å². The van der Waals surface area contributed by atoms with E-state index in [0.29, 0.717) is 21.6 Å². The fourth-order valence-electron chi connectivity index (χ4n) is 2.42. The van der Waals surface area contributed by atoms with Gasteiger partial charge in [0.1, 0.15) is 5.60 Å². The maximum absolute atomic E-state index is 12.1. The Morgan fingerprint density at radius 3 is 2.57 bits per heavy atom. The normalized spacial score (nSPS) is 15.3. The van der Waals surface area contributed by atoms with Crippen molar-refractivity contribution in [2.45, 2.75) is 39.3 Å². The minimum atomic E-state index is -0.660. The van der Waals surface area contributed by atoms with Crippen molar-refractivity contribution in [3.8, 4) is 0 Å². The number of amides is 2. The van der Waals surface area contributed by atoms with Gasteiger partial charge in [-0.25, -0.2) is 15.6 Å². The zero-order chi connectivity index (χ0) is 21.1. The van der Waals surface area contributed by atoms with Gasteiger partial charge in [0.05, 0.1) is 11.7 Å². The Labute approximate surface area is 173 Å². The van der Waals surface area contributed by atoms with Gasteiger partial charge >= 0.3 is 12.0 Å². The fourth-order valence-corrected chi connectivity index (χ4v) is 2.88. The molecule has 0 bridgehead atoms. The number of hydrogen-bond acceptors (Lipinski definition) is 5. The summed E-state index contributed by atoms with van der Waals surface area (Å²) in [5, 5.41) is 6.90. The molecule has 10 heteroatoms. The predicted octanol–water partition coefficient (Wildman–Crippen LogP) is 1.79. The third kappa shape index (κ3) is 6.05. The molecule has 0 saturated heterocycles. The number of carbonyl (C=O) groups excluding carboxylic acids is 2. The molecule has 1 unspecified atom stereocenters. The minimum Gasteiger partial charge on any atom is -0.444 e. The molecule has 2 amide bonds. The van der Waals surface area contributed by atoms with Crippen LogP contribution in [0.5, 0.6) is 0 Å². The van der Waals surface area contributed by atoms with Gasteiger partial charge in [0.2, 0.25) is 5.70 Å². The van der Waals surface area contributed by atoms with Gasteiger partial charge in [0.15, 0.2) is 5.82 Å². The molecule has 1 atom stereocenters. The molecular weight excluding hydrogens is 405 g/mol. The first kappa shape index (κ1) is 21.9. The Morgan fingerprint density at radius 2 is 1.96 bits per heavy atom. The molecule has 0 radical (unpaired) electrons. The average Bonchev–Trinajstić information content (AvgIpc) is 2.56. The summed E-state index contributed by atoms with van der Waals surface area (Å²) >= 11 is 12.3. The van der Waals surface area contributed by atoms with Gasteiger partial charge in [-0.2, -0.15) is 0 Å². The van der Waals surface area contributed by atoms with Crippen LogP contribution in [0, 0.1) is 0 Å². The molecule has 1 aliphatic rings. The topological polar surface area (TPSA) is 122 Å². The number of allylic oxidation sites excluding steroid dienone is 1. The second kappa shape index (κ2) is 8.72. The molecule has 0 spiro atoms. The average molecular weight is 429 g/mol. The van der Waals surface area contributed by atoms with Crippen LogP contribution in [0.1, 0.15) is 39.3 Å². The number of quaternary nitrogens is 1. The molecule has 1 heterocycles. The van der Waals surface area contributed by atoms with Crippen LogP contribution in [0.2, 0.25) is 10.0 Å². The number of benzene rings is 1. The van der Waals surface area contributed by atoms with Crippen LogP contribution >= 0.6 is 23.2 Å². The van der Waals surface area contributed by atoms with Crippen molar-refractivity contribution in [2.24, 2.45) is 5.73 Å². The van der Waals surface area contributed by atoms with E-state index in [2.05, 4.69) is 16.1 Å². The zero-order valence-corrected chi connectivity index (χ0v) is 17.5. The number of rotatable bonds is 5. The van der Waals surface area contributed by atoms with E-state index in [1.807, 2.05) is 6.92 Å². The third-order valence-electron chi connectivity index (χ3n) is 3.65. The van der Waals surface area contributed by atoms with Crippen molar-refractivity contribution >= 4 is 35.2 Å². The standard InChI is InChI=1S/C18H23Cl2N5O3/c1-9(11-7-10(19)5-6-12(11)20)22-14-8-13(15(21)26)24-25-16(14)23-17(27)28-18(2,3)4/h5-9,22,24-25H,1-4H3,(H2,21,26)(H,23,27)/p+1. The SMILES string of the molecule is CC(NC1=C(NC(=O)OC(C)(C)C)N[NH2+]C(C(N)=O)=C1)c1cc(Cl)ccc1Cl. The molecule has 0 aromatic heterocycles. The summed E-state index contributed by atoms with van der Waals surface area (Å²) in [5.41, 5.74) is 10.4. The first-order valence-corrected chi connectivity index (χ1v) is 9.29. The molecule has 1 aromatic rings.